The smallest absolute Gasteiger partial charge is 0.248 e. The van der Waals surface area contributed by atoms with Crippen molar-refractivity contribution < 1.29 is 9.90 Å². The molecule has 5 rings (SSSR count). The van der Waals surface area contributed by atoms with Crippen LogP contribution >= 0.6 is 0 Å². The van der Waals surface area contributed by atoms with Gasteiger partial charge in [-0.15, -0.1) is 0 Å². The van der Waals surface area contributed by atoms with Crippen molar-refractivity contribution in [2.45, 2.75) is 25.0 Å². The van der Waals surface area contributed by atoms with Gasteiger partial charge in [0.25, 0.3) is 0 Å². The third-order valence-electron chi connectivity index (χ3n) is 5.83. The second kappa shape index (κ2) is 5.54. The molecule has 0 bridgehead atoms. The van der Waals surface area contributed by atoms with Crippen LogP contribution in [-0.4, -0.2) is 20.6 Å². The third-order valence-corrected chi connectivity index (χ3v) is 5.83. The standard InChI is InChI=1S/C21H19N3O2/c22-21(26)13-6-5-12-7-8-16(20(25)17(12)9-13)19-15-4-2-1-3-14(15)18-10-23-11-24(18)19/h1-6,9-11,16,19-20,25H,7-8H2,(H2,22,26)/t16-,19+,20-/m1/s1. The van der Waals surface area contributed by atoms with E-state index in [0.29, 0.717) is 5.56 Å². The van der Waals surface area contributed by atoms with Crippen molar-refractivity contribution in [3.8, 4) is 11.3 Å². The van der Waals surface area contributed by atoms with Crippen LogP contribution in [0.3, 0.4) is 0 Å². The number of nitrogens with two attached hydrogens (primary N) is 1. The predicted molar refractivity (Wildman–Crippen MR) is 97.5 cm³/mol. The van der Waals surface area contributed by atoms with Gasteiger partial charge in [0.1, 0.15) is 0 Å². The van der Waals surface area contributed by atoms with Gasteiger partial charge in [0.2, 0.25) is 5.91 Å². The van der Waals surface area contributed by atoms with Gasteiger partial charge in [-0.3, -0.25) is 4.79 Å². The molecule has 3 atom stereocenters. The Bertz CT molecular complexity index is 1020. The maximum Gasteiger partial charge on any atom is 0.248 e. The molecule has 130 valence electrons. The van der Waals surface area contributed by atoms with Gasteiger partial charge in [0.05, 0.1) is 30.4 Å². The number of benzene rings is 2. The molecular formula is C21H19N3O2. The Morgan fingerprint density at radius 1 is 1.19 bits per heavy atom. The summed E-state index contributed by atoms with van der Waals surface area (Å²) in [6, 6.07) is 13.8. The zero-order chi connectivity index (χ0) is 17.8. The number of hydrogen-bond donors (Lipinski definition) is 2. The molecule has 1 aromatic heterocycles. The van der Waals surface area contributed by atoms with E-state index in [9.17, 15) is 9.90 Å². The molecule has 1 amide bonds. The van der Waals surface area contributed by atoms with E-state index in [4.69, 9.17) is 5.73 Å². The lowest BCUT2D eigenvalue weighted by atomic mass is 9.75. The highest BCUT2D eigenvalue weighted by molar-refractivity contribution is 5.93. The second-order valence-corrected chi connectivity index (χ2v) is 7.14. The molecule has 1 aliphatic heterocycles. The Labute approximate surface area is 151 Å². The number of hydrogen-bond acceptors (Lipinski definition) is 3. The summed E-state index contributed by atoms with van der Waals surface area (Å²) in [4.78, 5) is 15.9. The average molecular weight is 345 g/mol. The van der Waals surface area contributed by atoms with Crippen LogP contribution in [0.1, 0.15) is 45.6 Å². The Hall–Kier alpha value is -2.92. The van der Waals surface area contributed by atoms with E-state index in [-0.39, 0.29) is 12.0 Å². The number of carbonyl (C=O) groups excluding carboxylic acids is 1. The van der Waals surface area contributed by atoms with Crippen LogP contribution in [0, 0.1) is 5.92 Å². The molecular weight excluding hydrogens is 326 g/mol. The fourth-order valence-corrected chi connectivity index (χ4v) is 4.60. The molecule has 0 saturated heterocycles. The Kier molecular flexibility index (Phi) is 3.27. The summed E-state index contributed by atoms with van der Waals surface area (Å²) in [6.07, 6.45) is 4.83. The first-order valence-electron chi connectivity index (χ1n) is 8.87. The lowest BCUT2D eigenvalue weighted by molar-refractivity contribution is 0.0719. The zero-order valence-corrected chi connectivity index (χ0v) is 14.2. The summed E-state index contributed by atoms with van der Waals surface area (Å²) in [7, 11) is 0. The summed E-state index contributed by atoms with van der Waals surface area (Å²) >= 11 is 0. The highest BCUT2D eigenvalue weighted by Crippen LogP contribution is 2.49. The summed E-state index contributed by atoms with van der Waals surface area (Å²) in [5.41, 5.74) is 11.3. The van der Waals surface area contributed by atoms with Gasteiger partial charge >= 0.3 is 0 Å². The van der Waals surface area contributed by atoms with E-state index in [0.717, 1.165) is 29.7 Å². The topological polar surface area (TPSA) is 81.1 Å². The van der Waals surface area contributed by atoms with Crippen molar-refractivity contribution in [3.63, 3.8) is 0 Å². The van der Waals surface area contributed by atoms with E-state index in [2.05, 4.69) is 21.7 Å². The number of fused-ring (bicyclic) bond motifs is 4. The number of primary amides is 1. The molecule has 0 saturated carbocycles. The van der Waals surface area contributed by atoms with Gasteiger partial charge in [0, 0.05) is 17.0 Å². The number of aliphatic hydroxyl groups excluding tert-OH is 1. The minimum atomic E-state index is -0.649. The van der Waals surface area contributed by atoms with E-state index < -0.39 is 12.0 Å². The SMILES string of the molecule is NC(=O)c1ccc2c(c1)[C@H](O)[C@@H]([C@@H]1c3ccccc3-c3cncn31)CC2. The first-order valence-corrected chi connectivity index (χ1v) is 8.87. The summed E-state index contributed by atoms with van der Waals surface area (Å²) in [5.74, 6) is -0.451. The van der Waals surface area contributed by atoms with Gasteiger partial charge in [-0.2, -0.15) is 0 Å². The van der Waals surface area contributed by atoms with Crippen LogP contribution in [-0.2, 0) is 6.42 Å². The van der Waals surface area contributed by atoms with Crippen LogP contribution in [0.4, 0.5) is 0 Å². The van der Waals surface area contributed by atoms with Crippen LogP contribution in [0.5, 0.6) is 0 Å². The average Bonchev–Trinajstić information content (AvgIpc) is 3.23. The number of rotatable bonds is 2. The normalized spacial score (nSPS) is 23.2. The Balaban J connectivity index is 1.60. The fourth-order valence-electron chi connectivity index (χ4n) is 4.60. The Morgan fingerprint density at radius 2 is 2.04 bits per heavy atom. The maximum atomic E-state index is 11.6. The number of aryl methyl sites for hydroxylation is 1. The fraction of sp³-hybridized carbons (Fsp3) is 0.238. The van der Waals surface area contributed by atoms with Crippen molar-refractivity contribution in [2.24, 2.45) is 11.7 Å². The van der Waals surface area contributed by atoms with Crippen LogP contribution < -0.4 is 5.73 Å². The van der Waals surface area contributed by atoms with Gasteiger partial charge in [-0.05, 0) is 41.7 Å². The van der Waals surface area contributed by atoms with Crippen LogP contribution in [0.25, 0.3) is 11.3 Å². The highest BCUT2D eigenvalue weighted by Gasteiger charge is 2.40. The largest absolute Gasteiger partial charge is 0.388 e. The quantitative estimate of drug-likeness (QED) is 0.749. The highest BCUT2D eigenvalue weighted by atomic mass is 16.3. The van der Waals surface area contributed by atoms with Gasteiger partial charge < -0.3 is 15.4 Å². The molecule has 1 aliphatic carbocycles. The number of aliphatic hydroxyl groups is 1. The van der Waals surface area contributed by atoms with Crippen molar-refractivity contribution in [1.82, 2.24) is 9.55 Å². The molecule has 0 spiro atoms. The molecule has 3 aromatic rings. The molecule has 0 fully saturated rings. The van der Waals surface area contributed by atoms with Gasteiger partial charge in [-0.25, -0.2) is 4.98 Å². The monoisotopic (exact) mass is 345 g/mol. The molecule has 26 heavy (non-hydrogen) atoms. The number of imidazole rings is 1. The molecule has 5 heteroatoms. The maximum absolute atomic E-state index is 11.6. The Morgan fingerprint density at radius 3 is 2.88 bits per heavy atom. The first-order chi connectivity index (χ1) is 12.6. The zero-order valence-electron chi connectivity index (χ0n) is 14.2. The second-order valence-electron chi connectivity index (χ2n) is 7.14. The number of carbonyl (C=O) groups is 1. The van der Waals surface area contributed by atoms with Gasteiger partial charge in [-0.1, -0.05) is 30.3 Å². The van der Waals surface area contributed by atoms with E-state index in [1.54, 1.807) is 12.1 Å². The lowest BCUT2D eigenvalue weighted by Gasteiger charge is -2.35. The van der Waals surface area contributed by atoms with E-state index in [1.165, 1.54) is 11.1 Å². The molecule has 0 radical (unpaired) electrons. The first kappa shape index (κ1) is 15.3. The molecule has 2 heterocycles. The van der Waals surface area contributed by atoms with Crippen LogP contribution in [0.2, 0.25) is 0 Å². The van der Waals surface area contributed by atoms with E-state index >= 15 is 0 Å². The summed E-state index contributed by atoms with van der Waals surface area (Å²) in [6.45, 7) is 0. The molecule has 2 aliphatic rings. The number of nitrogens with zero attached hydrogens (tertiary/aromatic N) is 2. The molecule has 3 N–H and O–H groups in total. The summed E-state index contributed by atoms with van der Waals surface area (Å²) < 4.78 is 2.17. The van der Waals surface area contributed by atoms with E-state index in [1.807, 2.05) is 30.7 Å². The predicted octanol–water partition coefficient (Wildman–Crippen LogP) is 2.85. The number of amides is 1. The molecule has 0 unspecified atom stereocenters. The minimum absolute atomic E-state index is 0.0160. The third kappa shape index (κ3) is 2.07. The van der Waals surface area contributed by atoms with Crippen molar-refractivity contribution in [1.29, 1.82) is 0 Å². The summed E-state index contributed by atoms with van der Waals surface area (Å²) in [5, 5.41) is 11.2. The molecule has 5 nitrogen and oxygen atoms in total. The van der Waals surface area contributed by atoms with Crippen LogP contribution in [0.15, 0.2) is 55.0 Å². The lowest BCUT2D eigenvalue weighted by Crippen LogP contribution is -2.29. The van der Waals surface area contributed by atoms with Crippen molar-refractivity contribution >= 4 is 5.91 Å². The van der Waals surface area contributed by atoms with Crippen molar-refractivity contribution in [3.05, 3.63) is 77.2 Å². The minimum Gasteiger partial charge on any atom is -0.388 e. The number of aromatic nitrogens is 2. The molecule has 2 aromatic carbocycles. The van der Waals surface area contributed by atoms with Crippen molar-refractivity contribution in [2.75, 3.05) is 0 Å². The van der Waals surface area contributed by atoms with Gasteiger partial charge in [0.15, 0.2) is 0 Å².